The van der Waals surface area contributed by atoms with Crippen LogP contribution in [-0.2, 0) is 10.2 Å². The van der Waals surface area contributed by atoms with Crippen molar-refractivity contribution in [3.63, 3.8) is 0 Å². The first-order valence-electron chi connectivity index (χ1n) is 11.4. The summed E-state index contributed by atoms with van der Waals surface area (Å²) in [5.41, 5.74) is 3.75. The lowest BCUT2D eigenvalue weighted by Crippen LogP contribution is -2.54. The summed E-state index contributed by atoms with van der Waals surface area (Å²) in [6, 6.07) is 12.3. The van der Waals surface area contributed by atoms with Gasteiger partial charge in [0.2, 0.25) is 5.72 Å². The third-order valence-electron chi connectivity index (χ3n) is 7.50. The van der Waals surface area contributed by atoms with E-state index in [0.29, 0.717) is 18.8 Å². The maximum absolute atomic E-state index is 13.4. The maximum atomic E-state index is 13.4. The minimum absolute atomic E-state index is 0.123. The summed E-state index contributed by atoms with van der Waals surface area (Å²) in [4.78, 5) is 15.6. The molecule has 0 radical (unpaired) electrons. The highest BCUT2D eigenvalue weighted by molar-refractivity contribution is 6.03. The van der Waals surface area contributed by atoms with Crippen molar-refractivity contribution < 1.29 is 14.3 Å². The average molecular weight is 433 g/mol. The lowest BCUT2D eigenvalue weighted by atomic mass is 9.76. The SMILES string of the molecule is Cc1ccc2c(c1)C(C)(C)C1(C=Cc3cc(C(=O)C(C)(C)N4CCOCC4)ccc3O1)N2. The normalized spacial score (nSPS) is 23.9. The summed E-state index contributed by atoms with van der Waals surface area (Å²) in [7, 11) is 0. The third-order valence-corrected chi connectivity index (χ3v) is 7.50. The van der Waals surface area contributed by atoms with Crippen LogP contribution in [0.1, 0.15) is 54.7 Å². The monoisotopic (exact) mass is 432 g/mol. The number of anilines is 1. The average Bonchev–Trinajstić information content (AvgIpc) is 2.99. The third kappa shape index (κ3) is 3.10. The van der Waals surface area contributed by atoms with Crippen molar-refractivity contribution in [1.82, 2.24) is 4.90 Å². The van der Waals surface area contributed by atoms with Gasteiger partial charge in [0.1, 0.15) is 5.75 Å². The Morgan fingerprint density at radius 1 is 1.09 bits per heavy atom. The fraction of sp³-hybridized carbons (Fsp3) is 0.444. The molecule has 1 fully saturated rings. The van der Waals surface area contributed by atoms with E-state index >= 15 is 0 Å². The van der Waals surface area contributed by atoms with Crippen molar-refractivity contribution in [1.29, 1.82) is 0 Å². The number of carbonyl (C=O) groups is 1. The lowest BCUT2D eigenvalue weighted by molar-refractivity contribution is -0.00430. The van der Waals surface area contributed by atoms with Crippen LogP contribution in [0.5, 0.6) is 5.75 Å². The molecule has 3 aliphatic rings. The van der Waals surface area contributed by atoms with Crippen molar-refractivity contribution in [2.24, 2.45) is 0 Å². The Kier molecular flexibility index (Phi) is 4.77. The molecule has 1 unspecified atom stereocenters. The highest BCUT2D eigenvalue weighted by Crippen LogP contribution is 2.51. The smallest absolute Gasteiger partial charge is 0.209 e. The second-order valence-electron chi connectivity index (χ2n) is 10.2. The highest BCUT2D eigenvalue weighted by Gasteiger charge is 2.54. The van der Waals surface area contributed by atoms with Gasteiger partial charge in [0, 0.05) is 29.9 Å². The van der Waals surface area contributed by atoms with Crippen molar-refractivity contribution >= 4 is 17.5 Å². The molecule has 0 aliphatic carbocycles. The number of benzene rings is 2. The summed E-state index contributed by atoms with van der Waals surface area (Å²) in [6.45, 7) is 13.4. The molecule has 1 atom stereocenters. The zero-order valence-electron chi connectivity index (χ0n) is 19.6. The van der Waals surface area contributed by atoms with E-state index < -0.39 is 11.3 Å². The molecule has 1 spiro atoms. The highest BCUT2D eigenvalue weighted by atomic mass is 16.5. The van der Waals surface area contributed by atoms with Crippen LogP contribution in [0.2, 0.25) is 0 Å². The summed E-state index contributed by atoms with van der Waals surface area (Å²) in [6.07, 6.45) is 4.19. The van der Waals surface area contributed by atoms with Gasteiger partial charge in [-0.2, -0.15) is 0 Å². The van der Waals surface area contributed by atoms with Crippen LogP contribution in [0.3, 0.4) is 0 Å². The standard InChI is InChI=1S/C27H32N2O3/c1-18-6-8-22-21(16-18)25(2,3)27(28-22)11-10-19-17-20(7-9-23(19)32-27)24(30)26(4,5)29-12-14-31-15-13-29/h6-11,16-17,28H,12-15H2,1-5H3. The van der Waals surface area contributed by atoms with Crippen molar-refractivity contribution in [3.05, 3.63) is 64.7 Å². The second-order valence-corrected chi connectivity index (χ2v) is 10.2. The van der Waals surface area contributed by atoms with E-state index in [-0.39, 0.29) is 11.2 Å². The van der Waals surface area contributed by atoms with E-state index in [9.17, 15) is 4.79 Å². The maximum Gasteiger partial charge on any atom is 0.209 e. The fourth-order valence-electron chi connectivity index (χ4n) is 5.19. The number of nitrogens with one attached hydrogen (secondary N) is 1. The van der Waals surface area contributed by atoms with Gasteiger partial charge in [-0.05, 0) is 76.6 Å². The fourth-order valence-corrected chi connectivity index (χ4v) is 5.19. The summed E-state index contributed by atoms with van der Waals surface area (Å²) in [5.74, 6) is 0.913. The molecule has 3 heterocycles. The minimum Gasteiger partial charge on any atom is -0.463 e. The van der Waals surface area contributed by atoms with E-state index in [1.807, 2.05) is 32.0 Å². The molecular weight excluding hydrogens is 400 g/mol. The molecule has 1 saturated heterocycles. The van der Waals surface area contributed by atoms with E-state index in [1.54, 1.807) is 0 Å². The van der Waals surface area contributed by atoms with Crippen LogP contribution < -0.4 is 10.1 Å². The van der Waals surface area contributed by atoms with Crippen molar-refractivity contribution in [2.75, 3.05) is 31.6 Å². The first kappa shape index (κ1) is 21.2. The van der Waals surface area contributed by atoms with E-state index in [0.717, 1.165) is 30.1 Å². The molecule has 168 valence electrons. The molecule has 0 amide bonds. The van der Waals surface area contributed by atoms with Gasteiger partial charge in [-0.15, -0.1) is 0 Å². The molecule has 0 saturated carbocycles. The molecule has 0 aromatic heterocycles. The number of ketones is 1. The van der Waals surface area contributed by atoms with Crippen LogP contribution in [0, 0.1) is 6.92 Å². The van der Waals surface area contributed by atoms with Gasteiger partial charge < -0.3 is 14.8 Å². The topological polar surface area (TPSA) is 50.8 Å². The number of Topliss-reactive ketones (excluding diaryl/α,β-unsaturated/α-hetero) is 1. The molecule has 5 rings (SSSR count). The lowest BCUT2D eigenvalue weighted by Gasteiger charge is -2.42. The number of hydrogen-bond acceptors (Lipinski definition) is 5. The van der Waals surface area contributed by atoms with Crippen LogP contribution in [0.4, 0.5) is 5.69 Å². The Hall–Kier alpha value is -2.63. The number of fused-ring (bicyclic) bond motifs is 2. The van der Waals surface area contributed by atoms with E-state index in [1.165, 1.54) is 11.1 Å². The zero-order valence-corrected chi connectivity index (χ0v) is 19.6. The molecule has 3 aliphatic heterocycles. The van der Waals surface area contributed by atoms with Crippen molar-refractivity contribution in [2.45, 2.75) is 51.3 Å². The predicted octanol–water partition coefficient (Wildman–Crippen LogP) is 4.79. The minimum atomic E-state index is -0.658. The number of morpholine rings is 1. The Bertz CT molecular complexity index is 1110. The number of carbonyl (C=O) groups excluding carboxylic acids is 1. The van der Waals surface area contributed by atoms with Gasteiger partial charge in [-0.25, -0.2) is 0 Å². The first-order chi connectivity index (χ1) is 15.1. The number of aryl methyl sites for hydroxylation is 1. The van der Waals surface area contributed by atoms with Gasteiger partial charge in [-0.3, -0.25) is 9.69 Å². The van der Waals surface area contributed by atoms with Crippen molar-refractivity contribution in [3.8, 4) is 5.75 Å². The predicted molar refractivity (Wildman–Crippen MR) is 127 cm³/mol. The van der Waals surface area contributed by atoms with Gasteiger partial charge in [0.25, 0.3) is 0 Å². The summed E-state index contributed by atoms with van der Waals surface area (Å²) in [5, 5.41) is 3.62. The van der Waals surface area contributed by atoms with Crippen LogP contribution >= 0.6 is 0 Å². The van der Waals surface area contributed by atoms with Crippen LogP contribution in [-0.4, -0.2) is 48.3 Å². The molecular formula is C27H32N2O3. The molecule has 5 nitrogen and oxygen atoms in total. The van der Waals surface area contributed by atoms with E-state index in [4.69, 9.17) is 9.47 Å². The van der Waals surface area contributed by atoms with Crippen LogP contribution in [0.25, 0.3) is 6.08 Å². The first-order valence-corrected chi connectivity index (χ1v) is 11.4. The molecule has 2 aromatic rings. The quantitative estimate of drug-likeness (QED) is 0.707. The van der Waals surface area contributed by atoms with Gasteiger partial charge in [-0.1, -0.05) is 17.7 Å². The molecule has 5 heteroatoms. The van der Waals surface area contributed by atoms with E-state index in [2.05, 4.69) is 61.3 Å². The van der Waals surface area contributed by atoms with Gasteiger partial charge in [0.05, 0.1) is 24.2 Å². The largest absolute Gasteiger partial charge is 0.463 e. The zero-order chi connectivity index (χ0) is 22.7. The number of rotatable bonds is 3. The Morgan fingerprint density at radius 2 is 1.84 bits per heavy atom. The molecule has 32 heavy (non-hydrogen) atoms. The molecule has 0 bridgehead atoms. The van der Waals surface area contributed by atoms with Gasteiger partial charge >= 0.3 is 0 Å². The Morgan fingerprint density at radius 3 is 2.59 bits per heavy atom. The summed E-state index contributed by atoms with van der Waals surface area (Å²) >= 11 is 0. The number of ether oxygens (including phenoxy) is 2. The second kappa shape index (κ2) is 7.19. The Labute approximate surface area is 190 Å². The Balaban J connectivity index is 1.44. The molecule has 1 N–H and O–H groups in total. The van der Waals surface area contributed by atoms with Crippen LogP contribution in [0.15, 0.2) is 42.5 Å². The van der Waals surface area contributed by atoms with Gasteiger partial charge in [0.15, 0.2) is 5.78 Å². The summed E-state index contributed by atoms with van der Waals surface area (Å²) < 4.78 is 12.1. The number of nitrogens with zero attached hydrogens (tertiary/aromatic N) is 1. The number of hydrogen-bond donors (Lipinski definition) is 1. The molecule has 2 aromatic carbocycles.